The Hall–Kier alpha value is -3.63. The summed E-state index contributed by atoms with van der Waals surface area (Å²) in [5, 5.41) is 4.71. The van der Waals surface area contributed by atoms with Gasteiger partial charge in [0, 0.05) is 42.4 Å². The molecule has 1 N–H and O–H groups in total. The molecule has 1 aromatic heterocycles. The monoisotopic (exact) mass is 525 g/mol. The number of rotatable bonds is 9. The van der Waals surface area contributed by atoms with Crippen LogP contribution in [-0.4, -0.2) is 35.6 Å². The van der Waals surface area contributed by atoms with E-state index in [1.54, 1.807) is 12.1 Å². The highest BCUT2D eigenvalue weighted by Crippen LogP contribution is 2.40. The largest absolute Gasteiger partial charge is 0.383 e. The van der Waals surface area contributed by atoms with Gasteiger partial charge < -0.3 is 9.88 Å². The van der Waals surface area contributed by atoms with Crippen LogP contribution in [0.5, 0.6) is 0 Å². The van der Waals surface area contributed by atoms with E-state index < -0.39 is 0 Å². The van der Waals surface area contributed by atoms with Gasteiger partial charge in [-0.05, 0) is 80.4 Å². The van der Waals surface area contributed by atoms with Crippen molar-refractivity contribution in [3.8, 4) is 0 Å². The minimum Gasteiger partial charge on any atom is -0.383 e. The van der Waals surface area contributed by atoms with Crippen LogP contribution in [0.1, 0.15) is 42.7 Å². The number of halogens is 1. The zero-order chi connectivity index (χ0) is 28.2. The minimum atomic E-state index is -0.0370. The average molecular weight is 526 g/mol. The van der Waals surface area contributed by atoms with E-state index in [0.717, 1.165) is 29.8 Å². The molecule has 1 saturated heterocycles. The molecule has 1 saturated carbocycles. The van der Waals surface area contributed by atoms with Crippen LogP contribution in [0.2, 0.25) is 0 Å². The number of likely N-dealkylation sites (tertiary alicyclic amines) is 1. The molecule has 39 heavy (non-hydrogen) atoms. The number of nitrogens with one attached hydrogen (secondary N) is 1. The molecule has 2 aromatic carbocycles. The number of fused-ring (bicyclic) bond motifs is 1. The summed E-state index contributed by atoms with van der Waals surface area (Å²) in [5.74, 6) is 0.492. The lowest BCUT2D eigenvalue weighted by Crippen LogP contribution is -2.33. The number of benzene rings is 2. The van der Waals surface area contributed by atoms with Crippen molar-refractivity contribution in [2.75, 3.05) is 20.1 Å². The molecule has 4 heteroatoms. The molecule has 1 unspecified atom stereocenters. The van der Waals surface area contributed by atoms with Gasteiger partial charge in [-0.15, -0.1) is 6.58 Å². The zero-order valence-corrected chi connectivity index (χ0v) is 23.7. The van der Waals surface area contributed by atoms with Crippen LogP contribution in [0.3, 0.4) is 0 Å². The van der Waals surface area contributed by atoms with E-state index >= 15 is 0 Å². The highest BCUT2D eigenvalue weighted by molar-refractivity contribution is 5.84. The number of allylic oxidation sites excluding steroid dienone is 3. The first kappa shape index (κ1) is 29.9. The number of aryl methyl sites for hydroxylation is 1. The molecule has 3 aromatic rings. The zero-order valence-electron chi connectivity index (χ0n) is 23.7. The summed E-state index contributed by atoms with van der Waals surface area (Å²) < 4.78 is 15.0. The molecule has 2 aliphatic rings. The fourth-order valence-electron chi connectivity index (χ4n) is 4.98. The number of hydrogen-bond acceptors (Lipinski definition) is 2. The van der Waals surface area contributed by atoms with Gasteiger partial charge in [-0.2, -0.15) is 0 Å². The van der Waals surface area contributed by atoms with Gasteiger partial charge in [0.1, 0.15) is 5.82 Å². The molecule has 0 bridgehead atoms. The normalized spacial score (nSPS) is 16.9. The van der Waals surface area contributed by atoms with E-state index in [-0.39, 0.29) is 5.82 Å². The van der Waals surface area contributed by atoms with Crippen molar-refractivity contribution in [2.24, 2.45) is 7.05 Å². The summed E-state index contributed by atoms with van der Waals surface area (Å²) in [6, 6.07) is 16.0. The van der Waals surface area contributed by atoms with Crippen LogP contribution in [0.4, 0.5) is 4.39 Å². The number of hydrogen-bond donors (Lipinski definition) is 1. The first-order valence-electron chi connectivity index (χ1n) is 13.8. The third-order valence-corrected chi connectivity index (χ3v) is 7.30. The quantitative estimate of drug-likeness (QED) is 0.225. The van der Waals surface area contributed by atoms with Gasteiger partial charge in [0.2, 0.25) is 0 Å². The van der Waals surface area contributed by atoms with Gasteiger partial charge >= 0.3 is 0 Å². The van der Waals surface area contributed by atoms with Crippen molar-refractivity contribution in [1.82, 2.24) is 14.8 Å². The first-order chi connectivity index (χ1) is 18.9. The number of para-hydroxylation sites is 1. The van der Waals surface area contributed by atoms with Crippen LogP contribution in [0.25, 0.3) is 10.9 Å². The Kier molecular flexibility index (Phi) is 11.6. The fraction of sp³-hybridized carbons (Fsp3) is 0.314. The van der Waals surface area contributed by atoms with Crippen LogP contribution >= 0.6 is 0 Å². The summed E-state index contributed by atoms with van der Waals surface area (Å²) in [6.07, 6.45) is 15.5. The molecule has 1 aliphatic carbocycles. The van der Waals surface area contributed by atoms with Crippen molar-refractivity contribution in [2.45, 2.75) is 44.1 Å². The van der Waals surface area contributed by atoms with E-state index in [1.807, 2.05) is 30.4 Å². The van der Waals surface area contributed by atoms with Crippen molar-refractivity contribution in [1.29, 1.82) is 0 Å². The molecule has 5 rings (SSSR count). The molecular formula is C35H44FN3. The lowest BCUT2D eigenvalue weighted by molar-refractivity contribution is 0.335. The SMILES string of the molecule is C=C/C=C(\C=C)CNC(=C)C1CCCN1C.C=CCc1cn(C)c2ccccc12.Fc1ccccc1C1CC1. The molecule has 1 atom stereocenters. The maximum absolute atomic E-state index is 12.9. The fourth-order valence-corrected chi connectivity index (χ4v) is 4.98. The molecule has 0 amide bonds. The second-order valence-electron chi connectivity index (χ2n) is 10.3. The third kappa shape index (κ3) is 8.69. The maximum atomic E-state index is 12.9. The van der Waals surface area contributed by atoms with Crippen LogP contribution in [-0.2, 0) is 13.5 Å². The molecule has 2 heterocycles. The Morgan fingerprint density at radius 1 is 1.03 bits per heavy atom. The average Bonchev–Trinajstić information content (AvgIpc) is 3.62. The van der Waals surface area contributed by atoms with Gasteiger partial charge in [-0.25, -0.2) is 4.39 Å². The predicted molar refractivity (Wildman–Crippen MR) is 166 cm³/mol. The molecule has 0 radical (unpaired) electrons. The van der Waals surface area contributed by atoms with Crippen molar-refractivity contribution in [3.05, 3.63) is 134 Å². The smallest absolute Gasteiger partial charge is 0.126 e. The van der Waals surface area contributed by atoms with Gasteiger partial charge in [-0.3, -0.25) is 4.90 Å². The van der Waals surface area contributed by atoms with Gasteiger partial charge in [0.05, 0.1) is 0 Å². The van der Waals surface area contributed by atoms with Crippen LogP contribution in [0.15, 0.2) is 117 Å². The van der Waals surface area contributed by atoms with Crippen LogP contribution < -0.4 is 5.32 Å². The Labute approximate surface area is 234 Å². The van der Waals surface area contributed by atoms with E-state index in [0.29, 0.717) is 12.0 Å². The molecule has 2 fully saturated rings. The van der Waals surface area contributed by atoms with Crippen LogP contribution in [0, 0.1) is 5.82 Å². The topological polar surface area (TPSA) is 20.2 Å². The van der Waals surface area contributed by atoms with Gasteiger partial charge in [0.25, 0.3) is 0 Å². The highest BCUT2D eigenvalue weighted by atomic mass is 19.1. The van der Waals surface area contributed by atoms with Gasteiger partial charge in [0.15, 0.2) is 0 Å². The number of aromatic nitrogens is 1. The van der Waals surface area contributed by atoms with E-state index in [9.17, 15) is 4.39 Å². The summed E-state index contributed by atoms with van der Waals surface area (Å²) in [7, 11) is 4.23. The minimum absolute atomic E-state index is 0.0370. The van der Waals surface area contributed by atoms with E-state index in [2.05, 4.69) is 85.7 Å². The van der Waals surface area contributed by atoms with E-state index in [1.165, 1.54) is 54.8 Å². The Balaban J connectivity index is 0.000000165. The molecule has 1 aliphatic heterocycles. The number of nitrogens with zero attached hydrogens (tertiary/aromatic N) is 2. The Morgan fingerprint density at radius 3 is 2.36 bits per heavy atom. The second-order valence-corrected chi connectivity index (χ2v) is 10.3. The summed E-state index contributed by atoms with van der Waals surface area (Å²) in [4.78, 5) is 2.35. The highest BCUT2D eigenvalue weighted by Gasteiger charge is 2.25. The molecule has 3 nitrogen and oxygen atoms in total. The first-order valence-corrected chi connectivity index (χ1v) is 13.8. The maximum Gasteiger partial charge on any atom is 0.126 e. The molecule has 206 valence electrons. The summed E-state index contributed by atoms with van der Waals surface area (Å²) >= 11 is 0. The lowest BCUT2D eigenvalue weighted by Gasteiger charge is -2.23. The van der Waals surface area contributed by atoms with Crippen molar-refractivity contribution < 1.29 is 4.39 Å². The van der Waals surface area contributed by atoms with Crippen molar-refractivity contribution >= 4 is 10.9 Å². The van der Waals surface area contributed by atoms with Gasteiger partial charge in [-0.1, -0.05) is 80.4 Å². The third-order valence-electron chi connectivity index (χ3n) is 7.30. The van der Waals surface area contributed by atoms with E-state index in [4.69, 9.17) is 0 Å². The second kappa shape index (κ2) is 15.1. The molecule has 0 spiro atoms. The summed E-state index contributed by atoms with van der Waals surface area (Å²) in [5.41, 5.74) is 5.79. The molecular weight excluding hydrogens is 481 g/mol. The Bertz CT molecular complexity index is 1290. The lowest BCUT2D eigenvalue weighted by atomic mass is 10.1. The number of likely N-dealkylation sites (N-methyl/N-ethyl adjacent to an activating group) is 1. The summed E-state index contributed by atoms with van der Waals surface area (Å²) in [6.45, 7) is 17.3. The standard InChI is InChI=1S/C14H22N2.C12H13N.C9H9F/c1-5-8-13(6-2)11-15-12(3)14-9-7-10-16(14)4;1-3-6-10-9-13(2)12-8-5-4-7-11(10)12;10-9-4-2-1-3-8(9)7-5-6-7/h5-6,8,14-15H,1-3,7,9-11H2,4H3;3-5,7-9H,1,6H2,2H3;1-4,7H,5-6H2/b13-8+;;. The Morgan fingerprint density at radius 2 is 1.74 bits per heavy atom. The van der Waals surface area contributed by atoms with Crippen molar-refractivity contribution in [3.63, 3.8) is 0 Å². The predicted octanol–water partition coefficient (Wildman–Crippen LogP) is 8.09.